The predicted molar refractivity (Wildman–Crippen MR) is 84.6 cm³/mol. The van der Waals surface area contributed by atoms with E-state index in [0.717, 1.165) is 5.56 Å². The van der Waals surface area contributed by atoms with Gasteiger partial charge in [-0.05, 0) is 43.2 Å². The topological polar surface area (TPSA) is 12.0 Å². The molecule has 0 radical (unpaired) electrons. The largest absolute Gasteiger partial charge is 0.376 e. The summed E-state index contributed by atoms with van der Waals surface area (Å²) < 4.78 is 13.6. The molecule has 20 heavy (non-hydrogen) atoms. The van der Waals surface area contributed by atoms with Crippen LogP contribution in [0.2, 0.25) is 15.1 Å². The van der Waals surface area contributed by atoms with Crippen molar-refractivity contribution in [3.05, 3.63) is 62.3 Å². The van der Waals surface area contributed by atoms with Crippen LogP contribution in [0, 0.1) is 12.7 Å². The second-order valence-electron chi connectivity index (χ2n) is 4.62. The Morgan fingerprint density at radius 1 is 1.05 bits per heavy atom. The van der Waals surface area contributed by atoms with Crippen molar-refractivity contribution in [3.63, 3.8) is 0 Å². The van der Waals surface area contributed by atoms with Crippen LogP contribution in [0.4, 0.5) is 10.1 Å². The van der Waals surface area contributed by atoms with Gasteiger partial charge in [-0.15, -0.1) is 0 Å². The lowest BCUT2D eigenvalue weighted by Crippen LogP contribution is -2.08. The lowest BCUT2D eigenvalue weighted by atomic mass is 10.1. The van der Waals surface area contributed by atoms with E-state index in [2.05, 4.69) is 5.32 Å². The number of nitrogens with one attached hydrogen (secondary N) is 1. The maximum absolute atomic E-state index is 13.6. The van der Waals surface area contributed by atoms with Gasteiger partial charge in [-0.3, -0.25) is 0 Å². The van der Waals surface area contributed by atoms with Gasteiger partial charge in [0.25, 0.3) is 0 Å². The number of anilines is 1. The molecule has 5 heteroatoms. The van der Waals surface area contributed by atoms with E-state index in [1.165, 1.54) is 6.07 Å². The highest BCUT2D eigenvalue weighted by atomic mass is 35.5. The number of hydrogen-bond donors (Lipinski definition) is 1. The number of aryl methyl sites for hydroxylation is 1. The van der Waals surface area contributed by atoms with Crippen molar-refractivity contribution < 1.29 is 4.39 Å². The fourth-order valence-electron chi connectivity index (χ4n) is 1.86. The number of rotatable bonds is 3. The van der Waals surface area contributed by atoms with Crippen LogP contribution in [-0.2, 0) is 0 Å². The standard InChI is InChI=1S/C15H13Cl3FN/c1-8-3-4-10(5-14(8)19)9(2)20-15-12(17)6-11(16)7-13(15)18/h3-7,9,20H,1-2H3. The van der Waals surface area contributed by atoms with Crippen LogP contribution >= 0.6 is 34.8 Å². The molecule has 106 valence electrons. The van der Waals surface area contributed by atoms with E-state index in [0.29, 0.717) is 26.3 Å². The summed E-state index contributed by atoms with van der Waals surface area (Å²) in [5, 5.41) is 4.52. The van der Waals surface area contributed by atoms with Crippen LogP contribution in [0.15, 0.2) is 30.3 Å². The molecule has 0 amide bonds. The molecule has 0 aliphatic carbocycles. The van der Waals surface area contributed by atoms with E-state index in [9.17, 15) is 4.39 Å². The highest BCUT2D eigenvalue weighted by Gasteiger charge is 2.13. The summed E-state index contributed by atoms with van der Waals surface area (Å²) >= 11 is 18.1. The Kier molecular flexibility index (Phi) is 4.79. The van der Waals surface area contributed by atoms with Gasteiger partial charge in [0, 0.05) is 11.1 Å². The van der Waals surface area contributed by atoms with Crippen molar-refractivity contribution in [1.82, 2.24) is 0 Å². The average molecular weight is 333 g/mol. The van der Waals surface area contributed by atoms with Gasteiger partial charge < -0.3 is 5.32 Å². The van der Waals surface area contributed by atoms with E-state index >= 15 is 0 Å². The molecule has 0 saturated carbocycles. The van der Waals surface area contributed by atoms with Crippen LogP contribution in [0.25, 0.3) is 0 Å². The molecule has 2 aromatic carbocycles. The first kappa shape index (κ1) is 15.4. The molecule has 1 N–H and O–H groups in total. The summed E-state index contributed by atoms with van der Waals surface area (Å²) in [7, 11) is 0. The van der Waals surface area contributed by atoms with Crippen LogP contribution in [0.3, 0.4) is 0 Å². The van der Waals surface area contributed by atoms with Crippen LogP contribution in [0.1, 0.15) is 24.1 Å². The number of halogens is 4. The summed E-state index contributed by atoms with van der Waals surface area (Å²) in [6.07, 6.45) is 0. The zero-order chi connectivity index (χ0) is 14.9. The number of benzene rings is 2. The van der Waals surface area contributed by atoms with E-state index in [4.69, 9.17) is 34.8 Å². The van der Waals surface area contributed by atoms with Gasteiger partial charge in [0.1, 0.15) is 5.82 Å². The first-order chi connectivity index (χ1) is 9.38. The van der Waals surface area contributed by atoms with Crippen molar-refractivity contribution >= 4 is 40.5 Å². The Balaban J connectivity index is 2.27. The quantitative estimate of drug-likeness (QED) is 0.698. The second kappa shape index (κ2) is 6.21. The van der Waals surface area contributed by atoms with Gasteiger partial charge in [-0.2, -0.15) is 0 Å². The van der Waals surface area contributed by atoms with E-state index in [-0.39, 0.29) is 11.9 Å². The van der Waals surface area contributed by atoms with Gasteiger partial charge in [-0.1, -0.05) is 46.9 Å². The zero-order valence-electron chi connectivity index (χ0n) is 11.0. The van der Waals surface area contributed by atoms with Gasteiger partial charge in [0.15, 0.2) is 0 Å². The summed E-state index contributed by atoms with van der Waals surface area (Å²) in [5.41, 5.74) is 2.02. The first-order valence-electron chi connectivity index (χ1n) is 6.05. The smallest absolute Gasteiger partial charge is 0.126 e. The van der Waals surface area contributed by atoms with Crippen molar-refractivity contribution in [2.24, 2.45) is 0 Å². The Morgan fingerprint density at radius 3 is 2.20 bits per heavy atom. The predicted octanol–water partition coefficient (Wildman–Crippen LogP) is 6.27. The van der Waals surface area contributed by atoms with Crippen molar-refractivity contribution in [3.8, 4) is 0 Å². The molecule has 0 fully saturated rings. The second-order valence-corrected chi connectivity index (χ2v) is 5.87. The molecule has 1 atom stereocenters. The molecule has 2 rings (SSSR count). The Morgan fingerprint density at radius 2 is 1.65 bits per heavy atom. The summed E-state index contributed by atoms with van der Waals surface area (Å²) in [6, 6.07) is 8.20. The third kappa shape index (κ3) is 3.38. The maximum atomic E-state index is 13.6. The Hall–Kier alpha value is -0.960. The minimum absolute atomic E-state index is 0.138. The highest BCUT2D eigenvalue weighted by Crippen LogP contribution is 2.36. The SMILES string of the molecule is Cc1ccc(C(C)Nc2c(Cl)cc(Cl)cc2Cl)cc1F. The molecule has 1 nitrogen and oxygen atoms in total. The monoisotopic (exact) mass is 331 g/mol. The van der Waals surface area contributed by atoms with Gasteiger partial charge >= 0.3 is 0 Å². The maximum Gasteiger partial charge on any atom is 0.126 e. The number of hydrogen-bond acceptors (Lipinski definition) is 1. The molecule has 0 aromatic heterocycles. The molecule has 2 aromatic rings. The minimum Gasteiger partial charge on any atom is -0.376 e. The van der Waals surface area contributed by atoms with E-state index < -0.39 is 0 Å². The van der Waals surface area contributed by atoms with Crippen molar-refractivity contribution in [2.45, 2.75) is 19.9 Å². The molecule has 0 aliphatic heterocycles. The lowest BCUT2D eigenvalue weighted by molar-refractivity contribution is 0.614. The van der Waals surface area contributed by atoms with Crippen LogP contribution in [-0.4, -0.2) is 0 Å². The fourth-order valence-corrected chi connectivity index (χ4v) is 2.78. The molecular weight excluding hydrogens is 320 g/mol. The van der Waals surface area contributed by atoms with E-state index in [1.54, 1.807) is 25.1 Å². The zero-order valence-corrected chi connectivity index (χ0v) is 13.2. The van der Waals surface area contributed by atoms with Gasteiger partial charge in [-0.25, -0.2) is 4.39 Å². The fraction of sp³-hybridized carbons (Fsp3) is 0.200. The van der Waals surface area contributed by atoms with Crippen molar-refractivity contribution in [2.75, 3.05) is 5.32 Å². The summed E-state index contributed by atoms with van der Waals surface area (Å²) in [5.74, 6) is -0.232. The molecule has 0 heterocycles. The minimum atomic E-state index is -0.232. The van der Waals surface area contributed by atoms with Crippen molar-refractivity contribution in [1.29, 1.82) is 0 Å². The Bertz CT molecular complexity index is 620. The molecule has 0 bridgehead atoms. The summed E-state index contributed by atoms with van der Waals surface area (Å²) in [6.45, 7) is 3.63. The first-order valence-corrected chi connectivity index (χ1v) is 7.19. The average Bonchev–Trinajstić information content (AvgIpc) is 2.36. The molecular formula is C15H13Cl3FN. The Labute approximate surface area is 132 Å². The normalized spacial score (nSPS) is 12.3. The molecule has 0 saturated heterocycles. The van der Waals surface area contributed by atoms with Gasteiger partial charge in [0.05, 0.1) is 15.7 Å². The van der Waals surface area contributed by atoms with Crippen LogP contribution < -0.4 is 5.32 Å². The van der Waals surface area contributed by atoms with Crippen LogP contribution in [0.5, 0.6) is 0 Å². The van der Waals surface area contributed by atoms with E-state index in [1.807, 2.05) is 13.0 Å². The molecule has 1 unspecified atom stereocenters. The molecule has 0 spiro atoms. The molecule has 0 aliphatic rings. The third-order valence-electron chi connectivity index (χ3n) is 3.06. The highest BCUT2D eigenvalue weighted by molar-refractivity contribution is 6.41. The summed E-state index contributed by atoms with van der Waals surface area (Å²) in [4.78, 5) is 0. The third-order valence-corrected chi connectivity index (χ3v) is 3.88. The van der Waals surface area contributed by atoms with Gasteiger partial charge in [0.2, 0.25) is 0 Å². The lowest BCUT2D eigenvalue weighted by Gasteiger charge is -2.18.